The minimum Gasteiger partial charge on any atom is -0.495 e. The molecular weight excluding hydrogens is 433 g/mol. The van der Waals surface area contributed by atoms with Gasteiger partial charge in [0.05, 0.1) is 19.1 Å². The van der Waals surface area contributed by atoms with Gasteiger partial charge in [0.1, 0.15) is 10.6 Å². The molecule has 0 unspecified atom stereocenters. The van der Waals surface area contributed by atoms with Crippen LogP contribution in [0.15, 0.2) is 47.4 Å². The number of nitrogens with one attached hydrogen (secondary N) is 1. The van der Waals surface area contributed by atoms with Crippen LogP contribution < -0.4 is 10.1 Å². The van der Waals surface area contributed by atoms with Crippen LogP contribution in [0, 0.1) is 0 Å². The number of rotatable bonds is 6. The van der Waals surface area contributed by atoms with Crippen molar-refractivity contribution in [2.75, 3.05) is 25.5 Å². The normalized spacial score (nSPS) is 15.5. The number of nitrogens with zero attached hydrogens (tertiary/aromatic N) is 1. The molecule has 0 radical (unpaired) electrons. The van der Waals surface area contributed by atoms with E-state index in [0.717, 1.165) is 31.4 Å². The summed E-state index contributed by atoms with van der Waals surface area (Å²) >= 11 is 0. The summed E-state index contributed by atoms with van der Waals surface area (Å²) in [5.74, 6) is -0.410. The molecule has 168 valence electrons. The molecular formula is C21H23F3N2O4S. The number of carbonyl (C=O) groups excluding carboxylic acids is 1. The molecule has 0 spiro atoms. The average molecular weight is 456 g/mol. The summed E-state index contributed by atoms with van der Waals surface area (Å²) in [5, 5.41) is 2.56. The molecule has 2 aromatic carbocycles. The van der Waals surface area contributed by atoms with E-state index in [1.807, 2.05) is 0 Å². The van der Waals surface area contributed by atoms with Crippen molar-refractivity contribution in [2.24, 2.45) is 0 Å². The molecule has 10 heteroatoms. The molecule has 0 saturated carbocycles. The van der Waals surface area contributed by atoms with E-state index < -0.39 is 27.7 Å². The summed E-state index contributed by atoms with van der Waals surface area (Å²) in [7, 11) is -2.45. The summed E-state index contributed by atoms with van der Waals surface area (Å²) in [5.41, 5.74) is -0.424. The zero-order valence-corrected chi connectivity index (χ0v) is 17.7. The minimum atomic E-state index is -4.50. The number of hydrogen-bond acceptors (Lipinski definition) is 4. The lowest BCUT2D eigenvalue weighted by Crippen LogP contribution is -2.35. The highest BCUT2D eigenvalue weighted by atomic mass is 32.2. The molecule has 31 heavy (non-hydrogen) atoms. The molecule has 2 aromatic rings. The van der Waals surface area contributed by atoms with Crippen LogP contribution in [-0.2, 0) is 27.4 Å². The Balaban J connectivity index is 1.79. The second-order valence-corrected chi connectivity index (χ2v) is 9.16. The third-order valence-electron chi connectivity index (χ3n) is 5.00. The van der Waals surface area contributed by atoms with E-state index in [0.29, 0.717) is 13.1 Å². The van der Waals surface area contributed by atoms with Crippen LogP contribution in [0.1, 0.15) is 30.4 Å². The summed E-state index contributed by atoms with van der Waals surface area (Å²) in [6.07, 6.45) is -2.27. The van der Waals surface area contributed by atoms with Crippen molar-refractivity contribution in [1.29, 1.82) is 0 Å². The Kier molecular flexibility index (Phi) is 6.90. The molecule has 1 aliphatic rings. The van der Waals surface area contributed by atoms with Gasteiger partial charge in [0.15, 0.2) is 0 Å². The number of anilines is 1. The summed E-state index contributed by atoms with van der Waals surface area (Å²) in [6, 6.07) is 8.75. The number of amides is 1. The molecule has 6 nitrogen and oxygen atoms in total. The fourth-order valence-corrected chi connectivity index (χ4v) is 5.15. The molecule has 3 rings (SSSR count). The van der Waals surface area contributed by atoms with Crippen molar-refractivity contribution in [1.82, 2.24) is 4.31 Å². The lowest BCUT2D eigenvalue weighted by atomic mass is 10.1. The third-order valence-corrected chi connectivity index (χ3v) is 6.92. The Morgan fingerprint density at radius 3 is 2.45 bits per heavy atom. The zero-order valence-electron chi connectivity index (χ0n) is 16.9. The first-order valence-electron chi connectivity index (χ1n) is 9.75. The standard InChI is InChI=1S/C21H23F3N2O4S/c1-30-18-9-8-17(14-19(18)31(28,29)26-10-3-2-4-11-26)25-20(27)13-15-6-5-7-16(12-15)21(22,23)24/h5-9,12,14H,2-4,10-11,13H2,1H3,(H,25,27). The number of carbonyl (C=O) groups is 1. The Morgan fingerprint density at radius 2 is 1.81 bits per heavy atom. The fourth-order valence-electron chi connectivity index (χ4n) is 3.45. The van der Waals surface area contributed by atoms with E-state index >= 15 is 0 Å². The van der Waals surface area contributed by atoms with Crippen molar-refractivity contribution in [3.05, 3.63) is 53.6 Å². The predicted molar refractivity (Wildman–Crippen MR) is 109 cm³/mol. The zero-order chi connectivity index (χ0) is 22.6. The van der Waals surface area contributed by atoms with Gasteiger partial charge in [0.2, 0.25) is 15.9 Å². The molecule has 1 N–H and O–H groups in total. The molecule has 1 fully saturated rings. The summed E-state index contributed by atoms with van der Waals surface area (Å²) in [4.78, 5) is 12.3. The molecule has 0 bridgehead atoms. The predicted octanol–water partition coefficient (Wildman–Crippen LogP) is 4.07. The number of alkyl halides is 3. The lowest BCUT2D eigenvalue weighted by Gasteiger charge is -2.26. The van der Waals surface area contributed by atoms with Gasteiger partial charge in [-0.05, 0) is 42.7 Å². The van der Waals surface area contributed by atoms with Crippen LogP contribution in [-0.4, -0.2) is 38.8 Å². The van der Waals surface area contributed by atoms with E-state index in [1.54, 1.807) is 0 Å². The smallest absolute Gasteiger partial charge is 0.416 e. The highest BCUT2D eigenvalue weighted by Crippen LogP contribution is 2.32. The SMILES string of the molecule is COc1ccc(NC(=O)Cc2cccc(C(F)(F)F)c2)cc1S(=O)(=O)N1CCCCC1. The molecule has 1 aliphatic heterocycles. The van der Waals surface area contributed by atoms with Crippen molar-refractivity contribution in [3.8, 4) is 5.75 Å². The van der Waals surface area contributed by atoms with Gasteiger partial charge in [-0.1, -0.05) is 24.6 Å². The van der Waals surface area contributed by atoms with Crippen molar-refractivity contribution < 1.29 is 31.1 Å². The number of benzene rings is 2. The van der Waals surface area contributed by atoms with E-state index in [9.17, 15) is 26.4 Å². The first kappa shape index (κ1) is 23.1. The molecule has 1 saturated heterocycles. The van der Waals surface area contributed by atoms with E-state index in [2.05, 4.69) is 5.32 Å². The average Bonchev–Trinajstić information content (AvgIpc) is 2.74. The van der Waals surface area contributed by atoms with Crippen molar-refractivity contribution in [3.63, 3.8) is 0 Å². The number of methoxy groups -OCH3 is 1. The van der Waals surface area contributed by atoms with Crippen LogP contribution in [0.25, 0.3) is 0 Å². The maximum atomic E-state index is 13.1. The molecule has 0 aromatic heterocycles. The number of ether oxygens (including phenoxy) is 1. The van der Waals surface area contributed by atoms with Gasteiger partial charge in [-0.3, -0.25) is 4.79 Å². The van der Waals surface area contributed by atoms with Gasteiger partial charge in [-0.2, -0.15) is 17.5 Å². The quantitative estimate of drug-likeness (QED) is 0.711. The van der Waals surface area contributed by atoms with Gasteiger partial charge >= 0.3 is 6.18 Å². The molecule has 0 atom stereocenters. The fraction of sp³-hybridized carbons (Fsp3) is 0.381. The van der Waals surface area contributed by atoms with E-state index in [1.165, 1.54) is 41.7 Å². The van der Waals surface area contributed by atoms with Crippen LogP contribution >= 0.6 is 0 Å². The van der Waals surface area contributed by atoms with Gasteiger partial charge in [-0.25, -0.2) is 8.42 Å². The largest absolute Gasteiger partial charge is 0.495 e. The monoisotopic (exact) mass is 456 g/mol. The second-order valence-electron chi connectivity index (χ2n) is 7.25. The number of sulfonamides is 1. The Hall–Kier alpha value is -2.59. The van der Waals surface area contributed by atoms with E-state index in [-0.39, 0.29) is 28.3 Å². The van der Waals surface area contributed by atoms with Gasteiger partial charge in [0.25, 0.3) is 0 Å². The molecule has 1 amide bonds. The topological polar surface area (TPSA) is 75.7 Å². The highest BCUT2D eigenvalue weighted by Gasteiger charge is 2.31. The second kappa shape index (κ2) is 9.27. The van der Waals surface area contributed by atoms with Gasteiger partial charge < -0.3 is 10.1 Å². The van der Waals surface area contributed by atoms with Crippen LogP contribution in [0.3, 0.4) is 0 Å². The number of hydrogen-bond donors (Lipinski definition) is 1. The highest BCUT2D eigenvalue weighted by molar-refractivity contribution is 7.89. The Labute approximate surface area is 179 Å². The lowest BCUT2D eigenvalue weighted by molar-refractivity contribution is -0.137. The molecule has 1 heterocycles. The summed E-state index contributed by atoms with van der Waals surface area (Å²) in [6.45, 7) is 0.829. The minimum absolute atomic E-state index is 0.0613. The van der Waals surface area contributed by atoms with Gasteiger partial charge in [-0.15, -0.1) is 0 Å². The first-order valence-corrected chi connectivity index (χ1v) is 11.2. The summed E-state index contributed by atoms with van der Waals surface area (Å²) < 4.78 is 71.3. The van der Waals surface area contributed by atoms with Crippen LogP contribution in [0.5, 0.6) is 5.75 Å². The molecule has 0 aliphatic carbocycles. The van der Waals surface area contributed by atoms with Crippen molar-refractivity contribution in [2.45, 2.75) is 36.8 Å². The first-order chi connectivity index (χ1) is 14.6. The van der Waals surface area contributed by atoms with Crippen LogP contribution in [0.2, 0.25) is 0 Å². The Morgan fingerprint density at radius 1 is 1.10 bits per heavy atom. The Bertz CT molecular complexity index is 1050. The number of halogens is 3. The number of piperidine rings is 1. The third kappa shape index (κ3) is 5.56. The van der Waals surface area contributed by atoms with Gasteiger partial charge in [0, 0.05) is 18.8 Å². The maximum Gasteiger partial charge on any atom is 0.416 e. The van der Waals surface area contributed by atoms with E-state index in [4.69, 9.17) is 4.74 Å². The maximum absolute atomic E-state index is 13.1. The van der Waals surface area contributed by atoms with Crippen molar-refractivity contribution >= 4 is 21.6 Å². The van der Waals surface area contributed by atoms with Crippen LogP contribution in [0.4, 0.5) is 18.9 Å².